The quantitative estimate of drug-likeness (QED) is 0.810. The Bertz CT molecular complexity index is 379. The van der Waals surface area contributed by atoms with Crippen LogP contribution in [0.5, 0.6) is 0 Å². The zero-order valence-corrected chi connectivity index (χ0v) is 10.8. The van der Waals surface area contributed by atoms with Gasteiger partial charge in [-0.25, -0.2) is 9.97 Å². The summed E-state index contributed by atoms with van der Waals surface area (Å²) in [5, 5.41) is 5.91. The highest BCUT2D eigenvalue weighted by atomic mass is 16.2. The van der Waals surface area contributed by atoms with Crippen molar-refractivity contribution in [3.05, 3.63) is 18.1 Å². The Morgan fingerprint density at radius 3 is 2.65 bits per heavy atom. The van der Waals surface area contributed by atoms with Gasteiger partial charge < -0.3 is 10.6 Å². The molecule has 1 aromatic rings. The average molecular weight is 236 g/mol. The second-order valence-electron chi connectivity index (χ2n) is 4.28. The molecule has 0 aliphatic rings. The van der Waals surface area contributed by atoms with Crippen LogP contribution in [0.1, 0.15) is 33.4 Å². The molecular weight excluding hydrogens is 216 g/mol. The molecular formula is C12H20N4O. The maximum atomic E-state index is 11.7. The molecule has 0 aliphatic carbocycles. The third kappa shape index (κ3) is 4.38. The van der Waals surface area contributed by atoms with Crippen molar-refractivity contribution in [2.45, 2.75) is 46.2 Å². The third-order valence-corrected chi connectivity index (χ3v) is 2.27. The normalized spacial score (nSPS) is 12.3. The van der Waals surface area contributed by atoms with E-state index in [0.717, 1.165) is 12.1 Å². The highest BCUT2D eigenvalue weighted by Gasteiger charge is 2.13. The molecule has 1 heterocycles. The number of anilines is 1. The Hall–Kier alpha value is -1.65. The maximum absolute atomic E-state index is 11.7. The van der Waals surface area contributed by atoms with Gasteiger partial charge in [-0.1, -0.05) is 6.92 Å². The standard InChI is InChI=1S/C12H20N4O/c1-5-10-6-11(14-7-13-10)16-9(4)12(17)15-8(2)3/h6-9H,5H2,1-4H3,(H,15,17)(H,13,14,16). The van der Waals surface area contributed by atoms with E-state index in [0.29, 0.717) is 5.82 Å². The largest absolute Gasteiger partial charge is 0.359 e. The summed E-state index contributed by atoms with van der Waals surface area (Å²) in [4.78, 5) is 19.9. The lowest BCUT2D eigenvalue weighted by atomic mass is 10.2. The van der Waals surface area contributed by atoms with Crippen LogP contribution >= 0.6 is 0 Å². The van der Waals surface area contributed by atoms with E-state index >= 15 is 0 Å². The summed E-state index contributed by atoms with van der Waals surface area (Å²) in [6.45, 7) is 7.71. The molecule has 0 saturated heterocycles. The van der Waals surface area contributed by atoms with Crippen LogP contribution in [-0.4, -0.2) is 28.0 Å². The van der Waals surface area contributed by atoms with Crippen molar-refractivity contribution >= 4 is 11.7 Å². The molecule has 1 aromatic heterocycles. The number of hydrogen-bond acceptors (Lipinski definition) is 4. The summed E-state index contributed by atoms with van der Waals surface area (Å²) in [7, 11) is 0. The molecule has 0 saturated carbocycles. The molecule has 1 amide bonds. The Kier molecular flexibility index (Phi) is 4.87. The van der Waals surface area contributed by atoms with Crippen LogP contribution in [0, 0.1) is 0 Å². The van der Waals surface area contributed by atoms with Crippen molar-refractivity contribution in [1.82, 2.24) is 15.3 Å². The molecule has 5 nitrogen and oxygen atoms in total. The molecule has 17 heavy (non-hydrogen) atoms. The number of aryl methyl sites for hydroxylation is 1. The van der Waals surface area contributed by atoms with Gasteiger partial charge in [0.25, 0.3) is 0 Å². The van der Waals surface area contributed by atoms with Gasteiger partial charge in [-0.15, -0.1) is 0 Å². The number of amides is 1. The van der Waals surface area contributed by atoms with Crippen molar-refractivity contribution in [1.29, 1.82) is 0 Å². The SMILES string of the molecule is CCc1cc(NC(C)C(=O)NC(C)C)ncn1. The molecule has 0 aliphatic heterocycles. The van der Waals surface area contributed by atoms with Crippen molar-refractivity contribution < 1.29 is 4.79 Å². The first-order valence-corrected chi connectivity index (χ1v) is 5.90. The van der Waals surface area contributed by atoms with Crippen molar-refractivity contribution in [2.75, 3.05) is 5.32 Å². The van der Waals surface area contributed by atoms with Crippen molar-refractivity contribution in [3.63, 3.8) is 0 Å². The minimum absolute atomic E-state index is 0.0309. The van der Waals surface area contributed by atoms with E-state index in [1.807, 2.05) is 33.8 Å². The molecule has 0 aromatic carbocycles. The van der Waals surface area contributed by atoms with Gasteiger partial charge in [-0.3, -0.25) is 4.79 Å². The Labute approximate surface area is 102 Å². The minimum Gasteiger partial charge on any atom is -0.359 e. The average Bonchev–Trinajstić information content (AvgIpc) is 2.28. The molecule has 0 fully saturated rings. The molecule has 0 radical (unpaired) electrons. The van der Waals surface area contributed by atoms with Gasteiger partial charge in [0.05, 0.1) is 0 Å². The van der Waals surface area contributed by atoms with Crippen LogP contribution in [0.4, 0.5) is 5.82 Å². The molecule has 1 rings (SSSR count). The number of carbonyl (C=O) groups excluding carboxylic acids is 1. The third-order valence-electron chi connectivity index (χ3n) is 2.27. The van der Waals surface area contributed by atoms with Gasteiger partial charge in [-0.2, -0.15) is 0 Å². The van der Waals surface area contributed by atoms with Crippen LogP contribution in [0.3, 0.4) is 0 Å². The van der Waals surface area contributed by atoms with E-state index < -0.39 is 0 Å². The van der Waals surface area contributed by atoms with Gasteiger partial charge in [0.15, 0.2) is 0 Å². The van der Waals surface area contributed by atoms with E-state index in [9.17, 15) is 4.79 Å². The zero-order chi connectivity index (χ0) is 12.8. The highest BCUT2D eigenvalue weighted by Crippen LogP contribution is 2.06. The lowest BCUT2D eigenvalue weighted by Gasteiger charge is -2.16. The fraction of sp³-hybridized carbons (Fsp3) is 0.583. The Balaban J connectivity index is 2.60. The second-order valence-corrected chi connectivity index (χ2v) is 4.28. The summed E-state index contributed by atoms with van der Waals surface area (Å²) in [5.74, 6) is 0.653. The molecule has 94 valence electrons. The fourth-order valence-electron chi connectivity index (χ4n) is 1.37. The van der Waals surface area contributed by atoms with Crippen molar-refractivity contribution in [3.8, 4) is 0 Å². The molecule has 2 N–H and O–H groups in total. The summed E-state index contributed by atoms with van der Waals surface area (Å²) < 4.78 is 0. The first-order valence-electron chi connectivity index (χ1n) is 5.90. The van der Waals surface area contributed by atoms with E-state index in [-0.39, 0.29) is 18.0 Å². The predicted molar refractivity (Wildman–Crippen MR) is 67.8 cm³/mol. The number of aromatic nitrogens is 2. The van der Waals surface area contributed by atoms with Crippen LogP contribution in [0.25, 0.3) is 0 Å². The molecule has 1 atom stereocenters. The van der Waals surface area contributed by atoms with Crippen molar-refractivity contribution in [2.24, 2.45) is 0 Å². The summed E-state index contributed by atoms with van der Waals surface area (Å²) in [6, 6.07) is 1.69. The number of nitrogens with zero attached hydrogens (tertiary/aromatic N) is 2. The lowest BCUT2D eigenvalue weighted by Crippen LogP contribution is -2.41. The smallest absolute Gasteiger partial charge is 0.242 e. The first-order chi connectivity index (χ1) is 8.02. The molecule has 5 heteroatoms. The van der Waals surface area contributed by atoms with Crippen LogP contribution in [-0.2, 0) is 11.2 Å². The van der Waals surface area contributed by atoms with Gasteiger partial charge >= 0.3 is 0 Å². The van der Waals surface area contributed by atoms with Gasteiger partial charge in [0.1, 0.15) is 18.2 Å². The van der Waals surface area contributed by atoms with Crippen LogP contribution in [0.2, 0.25) is 0 Å². The summed E-state index contributed by atoms with van der Waals surface area (Å²) in [6.07, 6.45) is 2.36. The maximum Gasteiger partial charge on any atom is 0.242 e. The van der Waals surface area contributed by atoms with E-state index in [1.165, 1.54) is 6.33 Å². The van der Waals surface area contributed by atoms with Gasteiger partial charge in [0, 0.05) is 17.8 Å². The monoisotopic (exact) mass is 236 g/mol. The lowest BCUT2D eigenvalue weighted by molar-refractivity contribution is -0.122. The summed E-state index contributed by atoms with van der Waals surface area (Å²) >= 11 is 0. The molecule has 0 bridgehead atoms. The topological polar surface area (TPSA) is 66.9 Å². The fourth-order valence-corrected chi connectivity index (χ4v) is 1.37. The molecule has 1 unspecified atom stereocenters. The van der Waals surface area contributed by atoms with E-state index in [2.05, 4.69) is 20.6 Å². The number of nitrogens with one attached hydrogen (secondary N) is 2. The van der Waals surface area contributed by atoms with Crippen LogP contribution < -0.4 is 10.6 Å². The number of carbonyl (C=O) groups is 1. The summed E-state index contributed by atoms with van der Waals surface area (Å²) in [5.41, 5.74) is 0.957. The minimum atomic E-state index is -0.308. The molecule has 0 spiro atoms. The van der Waals surface area contributed by atoms with Crippen LogP contribution in [0.15, 0.2) is 12.4 Å². The second kappa shape index (κ2) is 6.18. The van der Waals surface area contributed by atoms with Gasteiger partial charge in [0.2, 0.25) is 5.91 Å². The van der Waals surface area contributed by atoms with E-state index in [4.69, 9.17) is 0 Å². The zero-order valence-electron chi connectivity index (χ0n) is 10.8. The highest BCUT2D eigenvalue weighted by molar-refractivity contribution is 5.84. The Morgan fingerprint density at radius 2 is 2.06 bits per heavy atom. The number of rotatable bonds is 5. The Morgan fingerprint density at radius 1 is 1.35 bits per heavy atom. The van der Waals surface area contributed by atoms with Gasteiger partial charge in [-0.05, 0) is 27.2 Å². The number of hydrogen-bond donors (Lipinski definition) is 2. The van der Waals surface area contributed by atoms with E-state index in [1.54, 1.807) is 0 Å². The predicted octanol–water partition coefficient (Wildman–Crippen LogP) is 1.36. The first kappa shape index (κ1) is 13.4.